The van der Waals surface area contributed by atoms with Crippen LogP contribution in [0.5, 0.6) is 5.75 Å². The summed E-state index contributed by atoms with van der Waals surface area (Å²) in [5.74, 6) is 0.862. The molecule has 0 N–H and O–H groups in total. The maximum atomic E-state index is 7.29. The number of anilines is 2. The molecule has 0 bridgehead atoms. The Morgan fingerprint density at radius 3 is 2.17 bits per heavy atom. The van der Waals surface area contributed by atoms with Crippen LogP contribution in [0, 0.1) is 5.41 Å². The van der Waals surface area contributed by atoms with Gasteiger partial charge in [-0.2, -0.15) is 0 Å². The van der Waals surface area contributed by atoms with Crippen molar-refractivity contribution >= 4 is 34.0 Å². The molecule has 4 heteroatoms. The van der Waals surface area contributed by atoms with Gasteiger partial charge in [0.1, 0.15) is 5.69 Å². The first kappa shape index (κ1) is 26.4. The van der Waals surface area contributed by atoms with Crippen molar-refractivity contribution in [3.63, 3.8) is 0 Å². The van der Waals surface area contributed by atoms with Crippen LogP contribution in [0.15, 0.2) is 83.9 Å². The number of aliphatic imine (C=N–C) groups is 1. The van der Waals surface area contributed by atoms with Crippen molar-refractivity contribution in [2.45, 2.75) is 59.6 Å². The van der Waals surface area contributed by atoms with Crippen LogP contribution in [-0.2, 0) is 5.41 Å². The molecule has 1 spiro atoms. The normalized spacial score (nSPS) is 19.0. The third kappa shape index (κ3) is 3.99. The average Bonchev–Trinajstić information content (AvgIpc) is 3.11. The van der Waals surface area contributed by atoms with E-state index >= 15 is 0 Å². The summed E-state index contributed by atoms with van der Waals surface area (Å²) in [6, 6.07) is 28.5. The van der Waals surface area contributed by atoms with Crippen molar-refractivity contribution in [2.24, 2.45) is 10.4 Å². The highest BCUT2D eigenvalue weighted by atomic mass is 16.5. The summed E-state index contributed by atoms with van der Waals surface area (Å²) in [7, 11) is 0. The molecule has 4 aromatic carbocycles. The SMILES string of the molecule is CCN(CC)c1ccc(-c2cc3c(c4ccccc24)OC2(C=N3)N(CC(C)(C)C)c3ccccc3C2(C)C)cc1. The van der Waals surface area contributed by atoms with Crippen molar-refractivity contribution in [1.82, 2.24) is 0 Å². The van der Waals surface area contributed by atoms with Gasteiger partial charge in [0.2, 0.25) is 5.72 Å². The molecule has 2 heterocycles. The Bertz CT molecular complexity index is 1590. The Labute approximate surface area is 239 Å². The summed E-state index contributed by atoms with van der Waals surface area (Å²) < 4.78 is 7.29. The van der Waals surface area contributed by atoms with E-state index in [0.717, 1.165) is 36.5 Å². The molecule has 1 unspecified atom stereocenters. The maximum absolute atomic E-state index is 7.29. The highest BCUT2D eigenvalue weighted by Gasteiger charge is 2.60. The third-order valence-electron chi connectivity index (χ3n) is 8.72. The summed E-state index contributed by atoms with van der Waals surface area (Å²) in [5.41, 5.74) is 6.06. The number of fused-ring (bicyclic) bond motifs is 4. The minimum Gasteiger partial charge on any atom is -0.459 e. The lowest BCUT2D eigenvalue weighted by Crippen LogP contribution is -2.63. The third-order valence-corrected chi connectivity index (χ3v) is 8.72. The van der Waals surface area contributed by atoms with Gasteiger partial charge in [0, 0.05) is 36.4 Å². The molecule has 1 atom stereocenters. The zero-order chi connectivity index (χ0) is 28.3. The predicted octanol–water partition coefficient (Wildman–Crippen LogP) is 8.99. The van der Waals surface area contributed by atoms with Gasteiger partial charge in [0.15, 0.2) is 5.75 Å². The highest BCUT2D eigenvalue weighted by Crippen LogP contribution is 2.56. The lowest BCUT2D eigenvalue weighted by Gasteiger charge is -2.48. The zero-order valence-corrected chi connectivity index (χ0v) is 25.0. The van der Waals surface area contributed by atoms with Gasteiger partial charge in [0.25, 0.3) is 0 Å². The summed E-state index contributed by atoms with van der Waals surface area (Å²) in [4.78, 5) is 10.0. The van der Waals surface area contributed by atoms with Crippen LogP contribution in [-0.4, -0.2) is 31.6 Å². The fraction of sp³-hybridized carbons (Fsp3) is 0.361. The number of ether oxygens (including phenoxy) is 1. The van der Waals surface area contributed by atoms with Gasteiger partial charge >= 0.3 is 0 Å². The van der Waals surface area contributed by atoms with Crippen LogP contribution >= 0.6 is 0 Å². The molecule has 40 heavy (non-hydrogen) atoms. The Balaban J connectivity index is 1.50. The first-order valence-electron chi connectivity index (χ1n) is 14.6. The van der Waals surface area contributed by atoms with Crippen LogP contribution in [0.1, 0.15) is 54.0 Å². The van der Waals surface area contributed by atoms with E-state index in [4.69, 9.17) is 9.73 Å². The monoisotopic (exact) mass is 531 g/mol. The molecule has 2 aliphatic heterocycles. The van der Waals surface area contributed by atoms with E-state index < -0.39 is 5.72 Å². The fourth-order valence-electron chi connectivity index (χ4n) is 6.59. The Kier molecular flexibility index (Phi) is 6.21. The van der Waals surface area contributed by atoms with Crippen molar-refractivity contribution in [2.75, 3.05) is 29.4 Å². The zero-order valence-electron chi connectivity index (χ0n) is 25.0. The number of rotatable bonds is 5. The van der Waals surface area contributed by atoms with E-state index in [-0.39, 0.29) is 10.8 Å². The molecule has 0 aromatic heterocycles. The summed E-state index contributed by atoms with van der Waals surface area (Å²) in [6.07, 6.45) is 2.07. The van der Waals surface area contributed by atoms with Gasteiger partial charge in [-0.1, -0.05) is 75.4 Å². The molecule has 0 aliphatic carbocycles. The summed E-state index contributed by atoms with van der Waals surface area (Å²) in [5, 5.41) is 2.28. The van der Waals surface area contributed by atoms with E-state index in [9.17, 15) is 0 Å². The second kappa shape index (κ2) is 9.40. The van der Waals surface area contributed by atoms with Gasteiger partial charge in [-0.15, -0.1) is 0 Å². The van der Waals surface area contributed by atoms with Crippen LogP contribution < -0.4 is 14.5 Å². The molecule has 0 saturated heterocycles. The predicted molar refractivity (Wildman–Crippen MR) is 171 cm³/mol. The number of hydrogen-bond acceptors (Lipinski definition) is 4. The van der Waals surface area contributed by atoms with Gasteiger partial charge in [-0.3, -0.25) is 4.99 Å². The molecule has 0 fully saturated rings. The van der Waals surface area contributed by atoms with Crippen LogP contribution in [0.2, 0.25) is 0 Å². The van der Waals surface area contributed by atoms with Crippen molar-refractivity contribution in [1.29, 1.82) is 0 Å². The Morgan fingerprint density at radius 2 is 1.50 bits per heavy atom. The van der Waals surface area contributed by atoms with Gasteiger partial charge in [-0.25, -0.2) is 0 Å². The average molecular weight is 532 g/mol. The van der Waals surface area contributed by atoms with Crippen LogP contribution in [0.3, 0.4) is 0 Å². The second-order valence-corrected chi connectivity index (χ2v) is 12.9. The lowest BCUT2D eigenvalue weighted by molar-refractivity contribution is 0.0731. The first-order chi connectivity index (χ1) is 19.1. The van der Waals surface area contributed by atoms with Gasteiger partial charge in [-0.05, 0) is 79.5 Å². The van der Waals surface area contributed by atoms with Crippen LogP contribution in [0.4, 0.5) is 17.1 Å². The molecule has 2 aliphatic rings. The van der Waals surface area contributed by atoms with Gasteiger partial charge < -0.3 is 14.5 Å². The van der Waals surface area contributed by atoms with E-state index in [1.54, 1.807) is 0 Å². The van der Waals surface area contributed by atoms with Crippen molar-refractivity contribution < 1.29 is 4.74 Å². The maximum Gasteiger partial charge on any atom is 0.228 e. The summed E-state index contributed by atoms with van der Waals surface area (Å²) >= 11 is 0. The quantitative estimate of drug-likeness (QED) is 0.257. The Hall–Kier alpha value is -3.79. The molecule has 0 radical (unpaired) electrons. The summed E-state index contributed by atoms with van der Waals surface area (Å²) in [6.45, 7) is 18.7. The van der Waals surface area contributed by atoms with E-state index in [1.807, 2.05) is 0 Å². The topological polar surface area (TPSA) is 28.1 Å². The van der Waals surface area contributed by atoms with Gasteiger partial charge in [0.05, 0.1) is 11.6 Å². The number of para-hydroxylation sites is 1. The minimum atomic E-state index is -0.729. The minimum absolute atomic E-state index is 0.0707. The Morgan fingerprint density at radius 1 is 0.850 bits per heavy atom. The smallest absolute Gasteiger partial charge is 0.228 e. The molecule has 0 amide bonds. The number of benzene rings is 4. The van der Waals surface area contributed by atoms with E-state index in [0.29, 0.717) is 0 Å². The molecule has 4 aromatic rings. The van der Waals surface area contributed by atoms with Crippen molar-refractivity contribution in [3.05, 3.63) is 84.4 Å². The fourth-order valence-corrected chi connectivity index (χ4v) is 6.59. The van der Waals surface area contributed by atoms with E-state index in [1.165, 1.54) is 33.5 Å². The van der Waals surface area contributed by atoms with E-state index in [2.05, 4.69) is 143 Å². The first-order valence-corrected chi connectivity index (χ1v) is 14.6. The second-order valence-electron chi connectivity index (χ2n) is 12.9. The molecule has 206 valence electrons. The van der Waals surface area contributed by atoms with Crippen molar-refractivity contribution in [3.8, 4) is 16.9 Å². The molecule has 4 nitrogen and oxygen atoms in total. The highest BCUT2D eigenvalue weighted by molar-refractivity contribution is 6.05. The number of nitrogens with zero attached hydrogens (tertiary/aromatic N) is 3. The standard InChI is InChI=1S/C36H41N3O/c1-8-38(9-2)26-20-18-25(19-21-26)29-22-31-33(28-15-11-10-14-27(28)29)40-36(23-37-31)35(6,7)30-16-12-13-17-32(30)39(36)24-34(3,4)5/h10-23H,8-9,24H2,1-7H3. The lowest BCUT2D eigenvalue weighted by atomic mass is 9.77. The molecular weight excluding hydrogens is 490 g/mol. The van der Waals surface area contributed by atoms with Crippen LogP contribution in [0.25, 0.3) is 21.9 Å². The molecule has 0 saturated carbocycles. The number of hydrogen-bond donors (Lipinski definition) is 0. The molecular formula is C36H41N3O. The molecule has 6 rings (SSSR count). The largest absolute Gasteiger partial charge is 0.459 e.